The summed E-state index contributed by atoms with van der Waals surface area (Å²) < 4.78 is 0. The molecule has 1 aliphatic heterocycles. The highest BCUT2D eigenvalue weighted by Gasteiger charge is 2.34. The maximum Gasteiger partial charge on any atom is 0.0822 e. The zero-order chi connectivity index (χ0) is 21.5. The van der Waals surface area contributed by atoms with Crippen molar-refractivity contribution in [1.29, 1.82) is 0 Å². The Morgan fingerprint density at radius 1 is 0.839 bits per heavy atom. The van der Waals surface area contributed by atoms with E-state index >= 15 is 0 Å². The molecule has 1 heterocycles. The van der Waals surface area contributed by atoms with Gasteiger partial charge in [0.15, 0.2) is 0 Å². The van der Waals surface area contributed by atoms with Gasteiger partial charge in [-0.2, -0.15) is 0 Å². The van der Waals surface area contributed by atoms with Crippen LogP contribution in [0.5, 0.6) is 0 Å². The van der Waals surface area contributed by atoms with Gasteiger partial charge in [0.2, 0.25) is 0 Å². The van der Waals surface area contributed by atoms with Crippen molar-refractivity contribution >= 4 is 0 Å². The maximum absolute atomic E-state index is 11.3. The van der Waals surface area contributed by atoms with Crippen molar-refractivity contribution in [3.05, 3.63) is 108 Å². The van der Waals surface area contributed by atoms with Crippen LogP contribution in [0.2, 0.25) is 0 Å². The number of benzene rings is 3. The molecule has 0 bridgehead atoms. The third kappa shape index (κ3) is 5.62. The van der Waals surface area contributed by atoms with E-state index in [-0.39, 0.29) is 12.1 Å². The maximum atomic E-state index is 11.3. The predicted octanol–water partition coefficient (Wildman–Crippen LogP) is 5.28. The van der Waals surface area contributed by atoms with Crippen molar-refractivity contribution in [3.63, 3.8) is 0 Å². The Morgan fingerprint density at radius 3 is 1.84 bits per heavy atom. The number of hydrogen-bond donors (Lipinski definition) is 1. The van der Waals surface area contributed by atoms with Crippen LogP contribution in [0.15, 0.2) is 91.0 Å². The molecule has 1 unspecified atom stereocenters. The van der Waals surface area contributed by atoms with E-state index in [4.69, 9.17) is 0 Å². The molecule has 0 radical (unpaired) electrons. The number of aliphatic hydroxyl groups is 1. The molecule has 1 fully saturated rings. The number of aliphatic hydroxyl groups excluding tert-OH is 1. The highest BCUT2D eigenvalue weighted by molar-refractivity contribution is 5.20. The quantitative estimate of drug-likeness (QED) is 0.544. The van der Waals surface area contributed by atoms with Gasteiger partial charge in [0.25, 0.3) is 0 Å². The Balaban J connectivity index is 1.49. The molecule has 0 amide bonds. The van der Waals surface area contributed by atoms with Gasteiger partial charge in [-0.3, -0.25) is 9.80 Å². The molecule has 31 heavy (non-hydrogen) atoms. The Morgan fingerprint density at radius 2 is 1.35 bits per heavy atom. The van der Waals surface area contributed by atoms with Gasteiger partial charge in [-0.25, -0.2) is 0 Å². The van der Waals surface area contributed by atoms with Crippen molar-refractivity contribution in [3.8, 4) is 0 Å². The second-order valence-corrected chi connectivity index (χ2v) is 8.63. The lowest BCUT2D eigenvalue weighted by molar-refractivity contribution is -0.0327. The average molecular weight is 415 g/mol. The summed E-state index contributed by atoms with van der Waals surface area (Å²) in [5, 5.41) is 11.3. The lowest BCUT2D eigenvalue weighted by atomic mass is 9.94. The van der Waals surface area contributed by atoms with Gasteiger partial charge in [-0.15, -0.1) is 0 Å². The second-order valence-electron chi connectivity index (χ2n) is 8.63. The first kappa shape index (κ1) is 21.8. The molecular formula is C28H34N2O. The van der Waals surface area contributed by atoms with Crippen LogP contribution in [0.1, 0.15) is 42.5 Å². The molecule has 3 aromatic carbocycles. The number of β-amino-alcohol motifs (C(OH)–C–C–N with tert-alkyl or cyclic N) is 1. The zero-order valence-electron chi connectivity index (χ0n) is 18.5. The van der Waals surface area contributed by atoms with E-state index in [2.05, 4.69) is 108 Å². The molecule has 0 aliphatic carbocycles. The largest absolute Gasteiger partial charge is 0.390 e. The van der Waals surface area contributed by atoms with Gasteiger partial charge < -0.3 is 5.11 Å². The van der Waals surface area contributed by atoms with Crippen LogP contribution in [-0.4, -0.2) is 40.1 Å². The topological polar surface area (TPSA) is 26.7 Å². The van der Waals surface area contributed by atoms with Crippen molar-refractivity contribution in [2.45, 2.75) is 51.0 Å². The SMILES string of the molecule is CCC(c1ccccc1)N1CC[C@H](N(Cc2ccccc2)Cc2ccccc2)[C@@H](O)C1. The van der Waals surface area contributed by atoms with Crippen molar-refractivity contribution in [2.24, 2.45) is 0 Å². The molecular weight excluding hydrogens is 380 g/mol. The van der Waals surface area contributed by atoms with Crippen molar-refractivity contribution in [1.82, 2.24) is 9.80 Å². The van der Waals surface area contributed by atoms with Gasteiger partial charge in [0.1, 0.15) is 0 Å². The minimum Gasteiger partial charge on any atom is -0.390 e. The van der Waals surface area contributed by atoms with Crippen LogP contribution >= 0.6 is 0 Å². The standard InChI is InChI=1S/C28H34N2O/c1-2-26(25-16-10-5-11-17-25)29-19-18-27(28(31)22-29)30(20-23-12-6-3-7-13-23)21-24-14-8-4-9-15-24/h3-17,26-28,31H,2,18-22H2,1H3/t26?,27-,28-/m0/s1. The number of hydrogen-bond acceptors (Lipinski definition) is 3. The third-order valence-electron chi connectivity index (χ3n) is 6.52. The van der Waals surface area contributed by atoms with Crippen LogP contribution in [0.4, 0.5) is 0 Å². The molecule has 1 saturated heterocycles. The minimum absolute atomic E-state index is 0.157. The summed E-state index contributed by atoms with van der Waals surface area (Å²) in [5.41, 5.74) is 3.94. The normalized spacial score (nSPS) is 20.6. The molecule has 3 heteroatoms. The van der Waals surface area contributed by atoms with Gasteiger partial charge in [0, 0.05) is 38.3 Å². The first-order valence-electron chi connectivity index (χ1n) is 11.5. The van der Waals surface area contributed by atoms with E-state index in [9.17, 15) is 5.11 Å². The summed E-state index contributed by atoms with van der Waals surface area (Å²) in [5.74, 6) is 0. The fourth-order valence-electron chi connectivity index (χ4n) is 4.96. The molecule has 0 saturated carbocycles. The van der Waals surface area contributed by atoms with E-state index < -0.39 is 0 Å². The van der Waals surface area contributed by atoms with Gasteiger partial charge in [-0.1, -0.05) is 97.9 Å². The summed E-state index contributed by atoms with van der Waals surface area (Å²) >= 11 is 0. The van der Waals surface area contributed by atoms with Crippen molar-refractivity contribution in [2.75, 3.05) is 13.1 Å². The molecule has 3 nitrogen and oxygen atoms in total. The predicted molar refractivity (Wildman–Crippen MR) is 128 cm³/mol. The van der Waals surface area contributed by atoms with E-state index in [1.165, 1.54) is 16.7 Å². The lowest BCUT2D eigenvalue weighted by Gasteiger charge is -2.44. The minimum atomic E-state index is -0.362. The smallest absolute Gasteiger partial charge is 0.0822 e. The molecule has 3 atom stereocenters. The summed E-state index contributed by atoms with van der Waals surface area (Å²) in [7, 11) is 0. The summed E-state index contributed by atoms with van der Waals surface area (Å²) in [4.78, 5) is 4.94. The first-order chi connectivity index (χ1) is 15.2. The first-order valence-corrected chi connectivity index (χ1v) is 11.5. The monoisotopic (exact) mass is 414 g/mol. The van der Waals surface area contributed by atoms with Gasteiger partial charge in [-0.05, 0) is 29.5 Å². The molecule has 0 aromatic heterocycles. The van der Waals surface area contributed by atoms with Gasteiger partial charge in [0.05, 0.1) is 6.10 Å². The zero-order valence-corrected chi connectivity index (χ0v) is 18.5. The van der Waals surface area contributed by atoms with Crippen LogP contribution < -0.4 is 0 Å². The highest BCUT2D eigenvalue weighted by atomic mass is 16.3. The molecule has 3 aromatic rings. The lowest BCUT2D eigenvalue weighted by Crippen LogP contribution is -2.54. The fourth-order valence-corrected chi connectivity index (χ4v) is 4.96. The molecule has 1 aliphatic rings. The molecule has 4 rings (SSSR count). The van der Waals surface area contributed by atoms with Gasteiger partial charge >= 0.3 is 0 Å². The van der Waals surface area contributed by atoms with E-state index in [0.717, 1.165) is 39.0 Å². The molecule has 162 valence electrons. The van der Waals surface area contributed by atoms with Crippen LogP contribution in [0, 0.1) is 0 Å². The Hall–Kier alpha value is -2.46. The van der Waals surface area contributed by atoms with Crippen molar-refractivity contribution < 1.29 is 5.11 Å². The number of likely N-dealkylation sites (tertiary alicyclic amines) is 1. The number of piperidine rings is 1. The van der Waals surface area contributed by atoms with E-state index in [1.807, 2.05) is 0 Å². The van der Waals surface area contributed by atoms with E-state index in [0.29, 0.717) is 6.04 Å². The third-order valence-corrected chi connectivity index (χ3v) is 6.52. The highest BCUT2D eigenvalue weighted by Crippen LogP contribution is 2.30. The van der Waals surface area contributed by atoms with Crippen LogP contribution in [-0.2, 0) is 13.1 Å². The molecule has 1 N–H and O–H groups in total. The Labute approximate surface area is 187 Å². The summed E-state index contributed by atoms with van der Waals surface area (Å²) in [6, 6.07) is 32.5. The fraction of sp³-hybridized carbons (Fsp3) is 0.357. The van der Waals surface area contributed by atoms with Crippen LogP contribution in [0.3, 0.4) is 0 Å². The summed E-state index contributed by atoms with van der Waals surface area (Å²) in [6.45, 7) is 5.68. The number of rotatable bonds is 8. The summed E-state index contributed by atoms with van der Waals surface area (Å²) in [6.07, 6.45) is 1.67. The average Bonchev–Trinajstić information content (AvgIpc) is 2.81. The van der Waals surface area contributed by atoms with E-state index in [1.54, 1.807) is 0 Å². The molecule has 0 spiro atoms. The second kappa shape index (κ2) is 10.7. The number of nitrogens with zero attached hydrogens (tertiary/aromatic N) is 2. The Bertz CT molecular complexity index is 859. The van der Waals surface area contributed by atoms with Crippen LogP contribution in [0.25, 0.3) is 0 Å². The Kier molecular flexibility index (Phi) is 7.52.